The van der Waals surface area contributed by atoms with E-state index in [1.165, 1.54) is 22.7 Å². The van der Waals surface area contributed by atoms with Gasteiger partial charge < -0.3 is 15.4 Å². The molecule has 0 atom stereocenters. The molecule has 0 spiro atoms. The van der Waals surface area contributed by atoms with Gasteiger partial charge in [-0.1, -0.05) is 18.2 Å². The van der Waals surface area contributed by atoms with Crippen LogP contribution in [0.2, 0.25) is 0 Å². The van der Waals surface area contributed by atoms with E-state index in [2.05, 4.69) is 10.6 Å². The normalized spacial score (nSPS) is 16.2. The maximum atomic E-state index is 12.6. The molecule has 0 radical (unpaired) electrons. The number of para-hydroxylation sites is 1. The SMILES string of the molecule is CN(C)S(=O)(=O)N(CCNC(=O)Nc1ccccc1)C1CCOCC1. The number of carbonyl (C=O) groups is 1. The van der Waals surface area contributed by atoms with Gasteiger partial charge in [-0.2, -0.15) is 17.0 Å². The van der Waals surface area contributed by atoms with Gasteiger partial charge in [-0.25, -0.2) is 4.79 Å². The van der Waals surface area contributed by atoms with E-state index in [0.29, 0.717) is 31.7 Å². The Morgan fingerprint density at radius 1 is 1.20 bits per heavy atom. The summed E-state index contributed by atoms with van der Waals surface area (Å²) in [6.45, 7) is 1.54. The molecule has 0 aromatic heterocycles. The van der Waals surface area contributed by atoms with Crippen molar-refractivity contribution in [3.8, 4) is 0 Å². The molecule has 1 saturated heterocycles. The van der Waals surface area contributed by atoms with Crippen LogP contribution in [0.3, 0.4) is 0 Å². The highest BCUT2D eigenvalue weighted by Gasteiger charge is 2.32. The minimum Gasteiger partial charge on any atom is -0.381 e. The third-order valence-electron chi connectivity index (χ3n) is 4.01. The second-order valence-electron chi connectivity index (χ2n) is 5.99. The standard InChI is InChI=1S/C16H26N4O4S/c1-19(2)25(22,23)20(15-8-12-24-13-9-15)11-10-17-16(21)18-14-6-4-3-5-7-14/h3-7,15H,8-13H2,1-2H3,(H2,17,18,21). The smallest absolute Gasteiger partial charge is 0.319 e. The van der Waals surface area contributed by atoms with E-state index >= 15 is 0 Å². The Kier molecular flexibility index (Phi) is 7.18. The van der Waals surface area contributed by atoms with E-state index in [-0.39, 0.29) is 25.2 Å². The summed E-state index contributed by atoms with van der Waals surface area (Å²) in [5, 5.41) is 5.41. The Hall–Kier alpha value is -1.68. The first-order chi connectivity index (χ1) is 11.9. The first kappa shape index (κ1) is 19.6. The Morgan fingerprint density at radius 3 is 2.44 bits per heavy atom. The highest BCUT2D eigenvalue weighted by molar-refractivity contribution is 7.86. The van der Waals surface area contributed by atoms with Crippen LogP contribution in [0.5, 0.6) is 0 Å². The Morgan fingerprint density at radius 2 is 1.84 bits per heavy atom. The van der Waals surface area contributed by atoms with Crippen molar-refractivity contribution in [1.82, 2.24) is 13.9 Å². The highest BCUT2D eigenvalue weighted by Crippen LogP contribution is 2.19. The van der Waals surface area contributed by atoms with Crippen LogP contribution in [0, 0.1) is 0 Å². The van der Waals surface area contributed by atoms with E-state index in [0.717, 1.165) is 0 Å². The van der Waals surface area contributed by atoms with Gasteiger partial charge in [0.2, 0.25) is 0 Å². The van der Waals surface area contributed by atoms with E-state index in [4.69, 9.17) is 4.74 Å². The molecule has 8 nitrogen and oxygen atoms in total. The Bertz CT molecular complexity index is 645. The van der Waals surface area contributed by atoms with Crippen molar-refractivity contribution in [1.29, 1.82) is 0 Å². The molecule has 1 heterocycles. The molecule has 0 saturated carbocycles. The van der Waals surface area contributed by atoms with Crippen LogP contribution < -0.4 is 10.6 Å². The lowest BCUT2D eigenvalue weighted by atomic mass is 10.1. The predicted octanol–water partition coefficient (Wildman–Crippen LogP) is 1.10. The van der Waals surface area contributed by atoms with Gasteiger partial charge in [-0.05, 0) is 25.0 Å². The average molecular weight is 370 g/mol. The zero-order valence-electron chi connectivity index (χ0n) is 14.6. The molecule has 25 heavy (non-hydrogen) atoms. The van der Waals surface area contributed by atoms with Crippen molar-refractivity contribution < 1.29 is 17.9 Å². The topological polar surface area (TPSA) is 91.0 Å². The molecule has 1 aromatic carbocycles. The molecule has 2 amide bonds. The van der Waals surface area contributed by atoms with E-state index in [9.17, 15) is 13.2 Å². The second-order valence-corrected chi connectivity index (χ2v) is 8.09. The van der Waals surface area contributed by atoms with Crippen LogP contribution in [0.1, 0.15) is 12.8 Å². The van der Waals surface area contributed by atoms with E-state index < -0.39 is 10.2 Å². The zero-order valence-corrected chi connectivity index (χ0v) is 15.5. The fourth-order valence-corrected chi connectivity index (χ4v) is 3.97. The van der Waals surface area contributed by atoms with E-state index in [1.807, 2.05) is 18.2 Å². The molecule has 0 unspecified atom stereocenters. The molecule has 2 rings (SSSR count). The Balaban J connectivity index is 1.92. The molecule has 2 N–H and O–H groups in total. The van der Waals surface area contributed by atoms with Crippen molar-refractivity contribution in [2.24, 2.45) is 0 Å². The van der Waals surface area contributed by atoms with Crippen molar-refractivity contribution in [2.45, 2.75) is 18.9 Å². The number of urea groups is 1. The molecule has 1 aromatic rings. The summed E-state index contributed by atoms with van der Waals surface area (Å²) < 4.78 is 33.1. The second kappa shape index (κ2) is 9.14. The van der Waals surface area contributed by atoms with Crippen LogP contribution in [0.15, 0.2) is 30.3 Å². The molecule has 140 valence electrons. The quantitative estimate of drug-likeness (QED) is 0.752. The lowest BCUT2D eigenvalue weighted by Gasteiger charge is -2.34. The van der Waals surface area contributed by atoms with Crippen LogP contribution >= 0.6 is 0 Å². The number of hydrogen-bond donors (Lipinski definition) is 2. The van der Waals surface area contributed by atoms with E-state index in [1.54, 1.807) is 12.1 Å². The molecular formula is C16H26N4O4S. The third-order valence-corrected chi connectivity index (χ3v) is 6.00. The van der Waals surface area contributed by atoms with Gasteiger partial charge in [-0.3, -0.25) is 0 Å². The molecule has 9 heteroatoms. The maximum Gasteiger partial charge on any atom is 0.319 e. The van der Waals surface area contributed by atoms with Gasteiger partial charge in [-0.15, -0.1) is 0 Å². The predicted molar refractivity (Wildman–Crippen MR) is 96.6 cm³/mol. The highest BCUT2D eigenvalue weighted by atomic mass is 32.2. The molecule has 1 fully saturated rings. The van der Waals surface area contributed by atoms with Gasteiger partial charge in [0.05, 0.1) is 0 Å². The fourth-order valence-electron chi connectivity index (χ4n) is 2.65. The average Bonchev–Trinajstić information content (AvgIpc) is 2.60. The number of nitrogens with one attached hydrogen (secondary N) is 2. The summed E-state index contributed by atoms with van der Waals surface area (Å²) in [6.07, 6.45) is 1.31. The number of nitrogens with zero attached hydrogens (tertiary/aromatic N) is 2. The van der Waals surface area contributed by atoms with Crippen molar-refractivity contribution in [2.75, 3.05) is 45.7 Å². The van der Waals surface area contributed by atoms with Gasteiger partial charge >= 0.3 is 6.03 Å². The van der Waals surface area contributed by atoms with Gasteiger partial charge in [0.15, 0.2) is 0 Å². The minimum atomic E-state index is -3.56. The van der Waals surface area contributed by atoms with Crippen LogP contribution in [-0.2, 0) is 14.9 Å². The number of anilines is 1. The lowest BCUT2D eigenvalue weighted by Crippen LogP contribution is -2.50. The van der Waals surface area contributed by atoms with Crippen molar-refractivity contribution >= 4 is 21.9 Å². The lowest BCUT2D eigenvalue weighted by molar-refractivity contribution is 0.0575. The minimum absolute atomic E-state index is 0.111. The third kappa shape index (κ3) is 5.67. The number of benzene rings is 1. The summed E-state index contributed by atoms with van der Waals surface area (Å²) in [6, 6.07) is 8.61. The van der Waals surface area contributed by atoms with Gasteiger partial charge in [0.1, 0.15) is 0 Å². The summed E-state index contributed by atoms with van der Waals surface area (Å²) in [5.74, 6) is 0. The number of rotatable bonds is 7. The summed E-state index contributed by atoms with van der Waals surface area (Å²) >= 11 is 0. The monoisotopic (exact) mass is 370 g/mol. The number of amides is 2. The molecule has 1 aliphatic heterocycles. The molecule has 0 aliphatic carbocycles. The Labute approximate surface area is 149 Å². The summed E-state index contributed by atoms with van der Waals surface area (Å²) in [5.41, 5.74) is 0.683. The molecule has 1 aliphatic rings. The summed E-state index contributed by atoms with van der Waals surface area (Å²) in [7, 11) is -0.534. The van der Waals surface area contributed by atoms with Crippen LogP contribution in [0.4, 0.5) is 10.5 Å². The summed E-state index contributed by atoms with van der Waals surface area (Å²) in [4.78, 5) is 11.9. The molecule has 0 bridgehead atoms. The number of hydrogen-bond acceptors (Lipinski definition) is 4. The van der Waals surface area contributed by atoms with Gasteiger partial charge in [0.25, 0.3) is 10.2 Å². The zero-order chi connectivity index (χ0) is 18.3. The van der Waals surface area contributed by atoms with Crippen molar-refractivity contribution in [3.05, 3.63) is 30.3 Å². The van der Waals surface area contributed by atoms with Crippen LogP contribution in [-0.4, -0.2) is 69.5 Å². The number of carbonyl (C=O) groups excluding carboxylic acids is 1. The number of ether oxygens (including phenoxy) is 1. The molecular weight excluding hydrogens is 344 g/mol. The van der Waals surface area contributed by atoms with Crippen molar-refractivity contribution in [3.63, 3.8) is 0 Å². The first-order valence-electron chi connectivity index (χ1n) is 8.28. The maximum absolute atomic E-state index is 12.6. The first-order valence-corrected chi connectivity index (χ1v) is 9.68. The van der Waals surface area contributed by atoms with Crippen LogP contribution in [0.25, 0.3) is 0 Å². The van der Waals surface area contributed by atoms with Gasteiger partial charge in [0, 0.05) is 52.1 Å². The fraction of sp³-hybridized carbons (Fsp3) is 0.562. The largest absolute Gasteiger partial charge is 0.381 e.